The Morgan fingerprint density at radius 1 is 1.19 bits per heavy atom. The standard InChI is InChI=1S/C18H18FN3O3S/c1-22(18-15-7-2-3-8-16(15)26(24,25)21-18)12-17(23)20-10-9-13-5-4-6-14(19)11-13/h2-8,11H,9-10,12H2,1H3,(H,20,23). The molecule has 3 rings (SSSR count). The lowest BCUT2D eigenvalue weighted by Crippen LogP contribution is -2.39. The van der Waals surface area contributed by atoms with Gasteiger partial charge < -0.3 is 10.2 Å². The second-order valence-electron chi connectivity index (χ2n) is 5.97. The summed E-state index contributed by atoms with van der Waals surface area (Å²) < 4.78 is 41.0. The summed E-state index contributed by atoms with van der Waals surface area (Å²) in [5.74, 6) is -0.332. The van der Waals surface area contributed by atoms with Crippen LogP contribution in [-0.2, 0) is 21.2 Å². The summed E-state index contributed by atoms with van der Waals surface area (Å²) in [6, 6.07) is 12.7. The third-order valence-corrected chi connectivity index (χ3v) is 5.30. The van der Waals surface area contributed by atoms with E-state index in [2.05, 4.69) is 9.71 Å². The van der Waals surface area contributed by atoms with E-state index < -0.39 is 10.0 Å². The second kappa shape index (κ2) is 7.25. The number of carbonyl (C=O) groups excluding carboxylic acids is 1. The molecule has 0 unspecified atom stereocenters. The van der Waals surface area contributed by atoms with Crippen molar-refractivity contribution < 1.29 is 17.6 Å². The van der Waals surface area contributed by atoms with Crippen LogP contribution in [0.5, 0.6) is 0 Å². The van der Waals surface area contributed by atoms with Crippen LogP contribution >= 0.6 is 0 Å². The third-order valence-electron chi connectivity index (χ3n) is 3.98. The van der Waals surface area contributed by atoms with Crippen molar-refractivity contribution in [2.75, 3.05) is 20.1 Å². The van der Waals surface area contributed by atoms with Crippen molar-refractivity contribution in [3.63, 3.8) is 0 Å². The van der Waals surface area contributed by atoms with Crippen LogP contribution in [-0.4, -0.2) is 45.2 Å². The Kier molecular flexibility index (Phi) is 5.03. The predicted octanol–water partition coefficient (Wildman–Crippen LogP) is 1.57. The van der Waals surface area contributed by atoms with Crippen LogP contribution in [0.3, 0.4) is 0 Å². The van der Waals surface area contributed by atoms with Crippen LogP contribution in [0.25, 0.3) is 0 Å². The van der Waals surface area contributed by atoms with Crippen LogP contribution < -0.4 is 5.32 Å². The van der Waals surface area contributed by atoms with Crippen LogP contribution in [0.2, 0.25) is 0 Å². The van der Waals surface area contributed by atoms with E-state index in [1.54, 1.807) is 37.4 Å². The largest absolute Gasteiger partial charge is 0.354 e. The van der Waals surface area contributed by atoms with Gasteiger partial charge in [-0.1, -0.05) is 24.3 Å². The van der Waals surface area contributed by atoms with Crippen LogP contribution in [0.4, 0.5) is 4.39 Å². The minimum atomic E-state index is -3.71. The number of benzene rings is 2. The Morgan fingerprint density at radius 2 is 1.96 bits per heavy atom. The van der Waals surface area contributed by atoms with Gasteiger partial charge in [0.1, 0.15) is 10.7 Å². The molecule has 1 N–H and O–H groups in total. The maximum Gasteiger partial charge on any atom is 0.285 e. The van der Waals surface area contributed by atoms with Gasteiger partial charge in [0.15, 0.2) is 5.84 Å². The van der Waals surface area contributed by atoms with Gasteiger partial charge in [-0.2, -0.15) is 8.42 Å². The highest BCUT2D eigenvalue weighted by Crippen LogP contribution is 2.26. The lowest BCUT2D eigenvalue weighted by atomic mass is 10.1. The number of amidine groups is 1. The first-order chi connectivity index (χ1) is 12.4. The topological polar surface area (TPSA) is 78.8 Å². The molecule has 2 aromatic carbocycles. The minimum Gasteiger partial charge on any atom is -0.354 e. The van der Waals surface area contributed by atoms with Gasteiger partial charge in [0.2, 0.25) is 5.91 Å². The van der Waals surface area contributed by atoms with E-state index >= 15 is 0 Å². The Labute approximate surface area is 151 Å². The summed E-state index contributed by atoms with van der Waals surface area (Å²) in [6.07, 6.45) is 0.505. The van der Waals surface area contributed by atoms with Crippen molar-refractivity contribution in [2.24, 2.45) is 4.40 Å². The van der Waals surface area contributed by atoms with Gasteiger partial charge in [-0.25, -0.2) is 4.39 Å². The van der Waals surface area contributed by atoms with Crippen molar-refractivity contribution in [1.82, 2.24) is 10.2 Å². The zero-order valence-corrected chi connectivity index (χ0v) is 15.0. The maximum absolute atomic E-state index is 13.1. The Bertz CT molecular complexity index is 973. The molecule has 0 aliphatic carbocycles. The summed E-state index contributed by atoms with van der Waals surface area (Å²) in [4.78, 5) is 13.8. The zero-order valence-electron chi connectivity index (χ0n) is 14.1. The normalized spacial score (nSPS) is 14.5. The van der Waals surface area contributed by atoms with Gasteiger partial charge in [0.05, 0.1) is 6.54 Å². The number of rotatable bonds is 5. The number of sulfonamides is 1. The molecule has 6 nitrogen and oxygen atoms in total. The summed E-state index contributed by atoms with van der Waals surface area (Å²) in [5.41, 5.74) is 1.28. The Morgan fingerprint density at radius 3 is 2.73 bits per heavy atom. The molecule has 0 radical (unpaired) electrons. The van der Waals surface area contributed by atoms with Gasteiger partial charge in [-0.05, 0) is 36.2 Å². The summed E-state index contributed by atoms with van der Waals surface area (Å²) in [7, 11) is -2.10. The fourth-order valence-electron chi connectivity index (χ4n) is 2.75. The summed E-state index contributed by atoms with van der Waals surface area (Å²) in [6.45, 7) is 0.323. The molecule has 0 bridgehead atoms. The van der Waals surface area contributed by atoms with E-state index in [1.807, 2.05) is 0 Å². The van der Waals surface area contributed by atoms with Gasteiger partial charge in [-0.3, -0.25) is 4.79 Å². The number of nitrogens with one attached hydrogen (secondary N) is 1. The van der Waals surface area contributed by atoms with Crippen molar-refractivity contribution in [3.05, 3.63) is 65.5 Å². The fraction of sp³-hybridized carbons (Fsp3) is 0.222. The second-order valence-corrected chi connectivity index (χ2v) is 7.54. The number of hydrogen-bond acceptors (Lipinski definition) is 4. The number of fused-ring (bicyclic) bond motifs is 1. The minimum absolute atomic E-state index is 0.0359. The molecule has 0 fully saturated rings. The van der Waals surface area contributed by atoms with Crippen LogP contribution in [0, 0.1) is 5.82 Å². The predicted molar refractivity (Wildman–Crippen MR) is 95.9 cm³/mol. The first-order valence-electron chi connectivity index (χ1n) is 8.03. The Hall–Kier alpha value is -2.74. The molecule has 0 aromatic heterocycles. The van der Waals surface area contributed by atoms with E-state index in [0.29, 0.717) is 18.5 Å². The fourth-order valence-corrected chi connectivity index (χ4v) is 4.00. The van der Waals surface area contributed by atoms with Crippen molar-refractivity contribution in [3.8, 4) is 0 Å². The van der Waals surface area contributed by atoms with Crippen molar-refractivity contribution in [1.29, 1.82) is 0 Å². The lowest BCUT2D eigenvalue weighted by Gasteiger charge is -2.18. The highest BCUT2D eigenvalue weighted by atomic mass is 32.2. The smallest absolute Gasteiger partial charge is 0.285 e. The number of carbonyl (C=O) groups is 1. The molecule has 2 aromatic rings. The first-order valence-corrected chi connectivity index (χ1v) is 9.47. The molecule has 1 heterocycles. The van der Waals surface area contributed by atoms with E-state index in [0.717, 1.165) is 5.56 Å². The van der Waals surface area contributed by atoms with Crippen molar-refractivity contribution >= 4 is 21.8 Å². The zero-order chi connectivity index (χ0) is 18.7. The molecule has 8 heteroatoms. The number of nitrogens with zero attached hydrogens (tertiary/aromatic N) is 2. The highest BCUT2D eigenvalue weighted by Gasteiger charge is 2.30. The van der Waals surface area contributed by atoms with Gasteiger partial charge in [-0.15, -0.1) is 4.40 Å². The molecular formula is C18H18FN3O3S. The monoisotopic (exact) mass is 375 g/mol. The molecule has 26 heavy (non-hydrogen) atoms. The van der Waals surface area contributed by atoms with E-state index in [9.17, 15) is 17.6 Å². The molecular weight excluding hydrogens is 357 g/mol. The van der Waals surface area contributed by atoms with Crippen LogP contribution in [0.15, 0.2) is 57.8 Å². The number of likely N-dealkylation sites (N-methyl/N-ethyl adjacent to an activating group) is 1. The van der Waals surface area contributed by atoms with E-state index in [-0.39, 0.29) is 29.0 Å². The molecule has 0 saturated carbocycles. The van der Waals surface area contributed by atoms with Crippen LogP contribution in [0.1, 0.15) is 11.1 Å². The highest BCUT2D eigenvalue weighted by molar-refractivity contribution is 7.90. The van der Waals surface area contributed by atoms with E-state index in [1.165, 1.54) is 23.1 Å². The lowest BCUT2D eigenvalue weighted by molar-refractivity contribution is -0.121. The SMILES string of the molecule is CN(CC(=O)NCCc1cccc(F)c1)C1=NS(=O)(=O)c2ccccc21. The van der Waals surface area contributed by atoms with E-state index in [4.69, 9.17) is 0 Å². The molecule has 0 spiro atoms. The van der Waals surface area contributed by atoms with Gasteiger partial charge >= 0.3 is 0 Å². The number of hydrogen-bond donors (Lipinski definition) is 1. The summed E-state index contributed by atoms with van der Waals surface area (Å²) in [5, 5.41) is 2.74. The number of halogens is 1. The molecule has 0 saturated heterocycles. The third kappa shape index (κ3) is 3.91. The molecule has 1 aliphatic rings. The molecule has 0 atom stereocenters. The number of amides is 1. The quantitative estimate of drug-likeness (QED) is 0.860. The maximum atomic E-state index is 13.1. The summed E-state index contributed by atoms with van der Waals surface area (Å²) >= 11 is 0. The molecule has 1 amide bonds. The first kappa shape index (κ1) is 18.1. The van der Waals surface area contributed by atoms with Crippen molar-refractivity contribution in [2.45, 2.75) is 11.3 Å². The molecule has 136 valence electrons. The molecule has 1 aliphatic heterocycles. The van der Waals surface area contributed by atoms with Gasteiger partial charge in [0.25, 0.3) is 10.0 Å². The van der Waals surface area contributed by atoms with Gasteiger partial charge in [0, 0.05) is 19.2 Å². The average molecular weight is 375 g/mol. The Balaban J connectivity index is 1.58. The average Bonchev–Trinajstić information content (AvgIpc) is 2.87.